The third kappa shape index (κ3) is 2.45. The summed E-state index contributed by atoms with van der Waals surface area (Å²) in [6.45, 7) is 0. The number of hydrogen-bond acceptors (Lipinski definition) is 1. The quantitative estimate of drug-likeness (QED) is 0.483. The minimum Gasteiger partial charge on any atom is -0.295 e. The maximum Gasteiger partial charge on any atom is 0.155 e. The SMILES string of the molecule is O=C1/C=C\CCCCC1. The van der Waals surface area contributed by atoms with Gasteiger partial charge in [-0.05, 0) is 25.3 Å². The van der Waals surface area contributed by atoms with Crippen LogP contribution in [-0.2, 0) is 4.79 Å². The van der Waals surface area contributed by atoms with Crippen LogP contribution in [0.2, 0.25) is 0 Å². The first-order valence-electron chi connectivity index (χ1n) is 3.59. The number of carbonyl (C=O) groups is 1. The van der Waals surface area contributed by atoms with E-state index in [1.807, 2.05) is 6.08 Å². The highest BCUT2D eigenvalue weighted by atomic mass is 16.1. The number of rotatable bonds is 0. The summed E-state index contributed by atoms with van der Waals surface area (Å²) in [4.78, 5) is 10.7. The van der Waals surface area contributed by atoms with Crippen molar-refractivity contribution in [3.63, 3.8) is 0 Å². The molecule has 0 saturated heterocycles. The smallest absolute Gasteiger partial charge is 0.155 e. The average molecular weight is 124 g/mol. The van der Waals surface area contributed by atoms with E-state index in [2.05, 4.69) is 0 Å². The van der Waals surface area contributed by atoms with Crippen molar-refractivity contribution in [1.82, 2.24) is 0 Å². The molecule has 0 bridgehead atoms. The van der Waals surface area contributed by atoms with Gasteiger partial charge < -0.3 is 0 Å². The second kappa shape index (κ2) is 3.44. The molecule has 50 valence electrons. The zero-order chi connectivity index (χ0) is 6.53. The van der Waals surface area contributed by atoms with Crippen molar-refractivity contribution in [2.75, 3.05) is 0 Å². The highest BCUT2D eigenvalue weighted by molar-refractivity contribution is 5.89. The fourth-order valence-electron chi connectivity index (χ4n) is 1.04. The Labute approximate surface area is 55.8 Å². The summed E-state index contributed by atoms with van der Waals surface area (Å²) < 4.78 is 0. The van der Waals surface area contributed by atoms with Crippen LogP contribution in [0.4, 0.5) is 0 Å². The third-order valence-corrected chi connectivity index (χ3v) is 1.60. The fourth-order valence-corrected chi connectivity index (χ4v) is 1.04. The van der Waals surface area contributed by atoms with Gasteiger partial charge in [0.05, 0.1) is 0 Å². The van der Waals surface area contributed by atoms with Crippen molar-refractivity contribution < 1.29 is 4.79 Å². The molecule has 0 amide bonds. The normalized spacial score (nSPS) is 24.7. The van der Waals surface area contributed by atoms with E-state index in [1.54, 1.807) is 6.08 Å². The van der Waals surface area contributed by atoms with Crippen LogP contribution in [0.5, 0.6) is 0 Å². The molecule has 1 nitrogen and oxygen atoms in total. The number of allylic oxidation sites excluding steroid dienone is 2. The Morgan fingerprint density at radius 3 is 3.00 bits per heavy atom. The van der Waals surface area contributed by atoms with Crippen LogP contribution in [0.25, 0.3) is 0 Å². The molecule has 0 atom stereocenters. The van der Waals surface area contributed by atoms with E-state index < -0.39 is 0 Å². The Kier molecular flexibility index (Phi) is 2.49. The minimum atomic E-state index is 0.301. The lowest BCUT2D eigenvalue weighted by atomic mass is 10.1. The van der Waals surface area contributed by atoms with Crippen molar-refractivity contribution >= 4 is 5.78 Å². The molecule has 1 heteroatoms. The molecule has 1 aliphatic rings. The predicted octanol–water partition coefficient (Wildman–Crippen LogP) is 2.08. The molecule has 0 aromatic heterocycles. The van der Waals surface area contributed by atoms with Gasteiger partial charge in [0.1, 0.15) is 0 Å². The molecular weight excluding hydrogens is 112 g/mol. The summed E-state index contributed by atoms with van der Waals surface area (Å²) in [5.41, 5.74) is 0. The van der Waals surface area contributed by atoms with Gasteiger partial charge >= 0.3 is 0 Å². The summed E-state index contributed by atoms with van der Waals surface area (Å²) in [5, 5.41) is 0. The maximum absolute atomic E-state index is 10.7. The van der Waals surface area contributed by atoms with Crippen molar-refractivity contribution in [2.45, 2.75) is 32.1 Å². The molecular formula is C8H12O. The first-order valence-corrected chi connectivity index (χ1v) is 3.59. The van der Waals surface area contributed by atoms with Crippen LogP contribution in [0.3, 0.4) is 0 Å². The van der Waals surface area contributed by atoms with Crippen LogP contribution in [0.1, 0.15) is 32.1 Å². The third-order valence-electron chi connectivity index (χ3n) is 1.60. The molecule has 0 spiro atoms. The second-order valence-corrected chi connectivity index (χ2v) is 2.47. The summed E-state index contributed by atoms with van der Waals surface area (Å²) in [6, 6.07) is 0. The van der Waals surface area contributed by atoms with Gasteiger partial charge in [-0.1, -0.05) is 12.5 Å². The lowest BCUT2D eigenvalue weighted by Crippen LogP contribution is -1.94. The molecule has 0 heterocycles. The first kappa shape index (κ1) is 6.53. The van der Waals surface area contributed by atoms with Crippen LogP contribution in [-0.4, -0.2) is 5.78 Å². The van der Waals surface area contributed by atoms with Crippen molar-refractivity contribution in [2.24, 2.45) is 0 Å². The Balaban J connectivity index is 2.39. The fraction of sp³-hybridized carbons (Fsp3) is 0.625. The lowest BCUT2D eigenvalue weighted by Gasteiger charge is -1.99. The summed E-state index contributed by atoms with van der Waals surface area (Å²) in [6.07, 6.45) is 9.12. The lowest BCUT2D eigenvalue weighted by molar-refractivity contribution is -0.114. The van der Waals surface area contributed by atoms with Crippen LogP contribution < -0.4 is 0 Å². The van der Waals surface area contributed by atoms with E-state index in [4.69, 9.17) is 0 Å². The maximum atomic E-state index is 10.7. The van der Waals surface area contributed by atoms with Gasteiger partial charge in [-0.2, -0.15) is 0 Å². The second-order valence-electron chi connectivity index (χ2n) is 2.47. The molecule has 1 rings (SSSR count). The van der Waals surface area contributed by atoms with E-state index in [-0.39, 0.29) is 0 Å². The largest absolute Gasteiger partial charge is 0.295 e. The topological polar surface area (TPSA) is 17.1 Å². The average Bonchev–Trinajstić information content (AvgIpc) is 1.79. The number of carbonyl (C=O) groups excluding carboxylic acids is 1. The minimum absolute atomic E-state index is 0.301. The van der Waals surface area contributed by atoms with Crippen molar-refractivity contribution in [1.29, 1.82) is 0 Å². The molecule has 1 aliphatic carbocycles. The zero-order valence-corrected chi connectivity index (χ0v) is 5.60. The van der Waals surface area contributed by atoms with Crippen molar-refractivity contribution in [3.8, 4) is 0 Å². The predicted molar refractivity (Wildman–Crippen MR) is 37.2 cm³/mol. The molecule has 0 aromatic rings. The molecule has 0 aliphatic heterocycles. The zero-order valence-electron chi connectivity index (χ0n) is 5.60. The van der Waals surface area contributed by atoms with Gasteiger partial charge in [0.25, 0.3) is 0 Å². The summed E-state index contributed by atoms with van der Waals surface area (Å²) in [7, 11) is 0. The highest BCUT2D eigenvalue weighted by Gasteiger charge is 1.98. The molecule has 9 heavy (non-hydrogen) atoms. The van der Waals surface area contributed by atoms with E-state index in [0.717, 1.165) is 19.3 Å². The standard InChI is InChI=1S/C8H12O/c9-8-6-4-2-1-3-5-7-8/h4,6H,1-3,5,7H2/b6-4-. The van der Waals surface area contributed by atoms with Gasteiger partial charge in [-0.25, -0.2) is 0 Å². The van der Waals surface area contributed by atoms with Gasteiger partial charge in [-0.3, -0.25) is 4.79 Å². The van der Waals surface area contributed by atoms with E-state index in [0.29, 0.717) is 5.78 Å². The van der Waals surface area contributed by atoms with Crippen molar-refractivity contribution in [3.05, 3.63) is 12.2 Å². The molecule has 0 fully saturated rings. The van der Waals surface area contributed by atoms with Crippen LogP contribution >= 0.6 is 0 Å². The molecule has 0 unspecified atom stereocenters. The molecule has 0 aromatic carbocycles. The van der Waals surface area contributed by atoms with Gasteiger partial charge in [0, 0.05) is 6.42 Å². The number of ketones is 1. The summed E-state index contributed by atoms with van der Waals surface area (Å²) >= 11 is 0. The van der Waals surface area contributed by atoms with E-state index in [1.165, 1.54) is 12.8 Å². The Hall–Kier alpha value is -0.590. The van der Waals surface area contributed by atoms with E-state index >= 15 is 0 Å². The Bertz CT molecular complexity index is 125. The Morgan fingerprint density at radius 2 is 2.11 bits per heavy atom. The monoisotopic (exact) mass is 124 g/mol. The summed E-state index contributed by atoms with van der Waals surface area (Å²) in [5.74, 6) is 0.301. The van der Waals surface area contributed by atoms with E-state index in [9.17, 15) is 4.79 Å². The molecule has 0 radical (unpaired) electrons. The van der Waals surface area contributed by atoms with Crippen LogP contribution in [0, 0.1) is 0 Å². The van der Waals surface area contributed by atoms with Gasteiger partial charge in [0.2, 0.25) is 0 Å². The van der Waals surface area contributed by atoms with Gasteiger partial charge in [-0.15, -0.1) is 0 Å². The van der Waals surface area contributed by atoms with Gasteiger partial charge in [0.15, 0.2) is 5.78 Å². The molecule has 0 saturated carbocycles. The van der Waals surface area contributed by atoms with Crippen LogP contribution in [0.15, 0.2) is 12.2 Å². The highest BCUT2D eigenvalue weighted by Crippen LogP contribution is 2.07. The first-order chi connectivity index (χ1) is 4.39. The number of hydrogen-bond donors (Lipinski definition) is 0. The Morgan fingerprint density at radius 1 is 1.22 bits per heavy atom. The molecule has 0 N–H and O–H groups in total.